The summed E-state index contributed by atoms with van der Waals surface area (Å²) in [6, 6.07) is 0. The van der Waals surface area contributed by atoms with Gasteiger partial charge in [0.1, 0.15) is 0 Å². The predicted molar refractivity (Wildman–Crippen MR) is 96.1 cm³/mol. The number of rotatable bonds is 16. The van der Waals surface area contributed by atoms with E-state index in [-0.39, 0.29) is 5.97 Å². The molecule has 0 rings (SSSR count). The van der Waals surface area contributed by atoms with Crippen molar-refractivity contribution in [1.29, 1.82) is 0 Å². The minimum atomic E-state index is -0.181. The van der Waals surface area contributed by atoms with Crippen molar-refractivity contribution >= 4 is 5.97 Å². The Morgan fingerprint density at radius 2 is 1.18 bits per heavy atom. The van der Waals surface area contributed by atoms with Crippen LogP contribution in [0.1, 0.15) is 104 Å². The van der Waals surface area contributed by atoms with Crippen LogP contribution in [0, 0.1) is 0 Å². The van der Waals surface area contributed by atoms with Gasteiger partial charge in [-0.15, -0.1) is 0 Å². The van der Waals surface area contributed by atoms with E-state index < -0.39 is 0 Å². The highest BCUT2D eigenvalue weighted by Gasteiger charge is 2.07. The first kappa shape index (κ1) is 21.2. The van der Waals surface area contributed by atoms with Crippen molar-refractivity contribution in [1.82, 2.24) is 0 Å². The maximum absolute atomic E-state index is 11.8. The van der Waals surface area contributed by atoms with Gasteiger partial charge in [0, 0.05) is 5.57 Å². The van der Waals surface area contributed by atoms with Crippen LogP contribution in [0.2, 0.25) is 0 Å². The van der Waals surface area contributed by atoms with Crippen molar-refractivity contribution in [2.45, 2.75) is 104 Å². The first-order chi connectivity index (χ1) is 10.7. The molecule has 22 heavy (non-hydrogen) atoms. The highest BCUT2D eigenvalue weighted by atomic mass is 16.5. The quantitative estimate of drug-likeness (QED) is 0.183. The van der Waals surface area contributed by atoms with Crippen molar-refractivity contribution in [3.05, 3.63) is 12.2 Å². The molecule has 0 saturated heterocycles. The van der Waals surface area contributed by atoms with Gasteiger partial charge in [-0.2, -0.15) is 0 Å². The van der Waals surface area contributed by atoms with E-state index in [2.05, 4.69) is 20.4 Å². The Labute approximate surface area is 138 Å². The Kier molecular flexibility index (Phi) is 16.0. The minimum absolute atomic E-state index is 0.181. The van der Waals surface area contributed by atoms with Gasteiger partial charge in [0.05, 0.1) is 6.61 Å². The number of unbranched alkanes of at least 4 members (excludes halogenated alkanes) is 11. The fraction of sp³-hybridized carbons (Fsp3) is 0.850. The molecule has 0 radical (unpaired) electrons. The first-order valence-corrected chi connectivity index (χ1v) is 9.57. The zero-order valence-electron chi connectivity index (χ0n) is 15.1. The molecule has 0 saturated carbocycles. The summed E-state index contributed by atoms with van der Waals surface area (Å²) in [7, 11) is 0. The van der Waals surface area contributed by atoms with Gasteiger partial charge in [-0.05, 0) is 19.3 Å². The Hall–Kier alpha value is -0.790. The summed E-state index contributed by atoms with van der Waals surface area (Å²) >= 11 is 0. The zero-order valence-corrected chi connectivity index (χ0v) is 15.1. The molecule has 0 aromatic heterocycles. The van der Waals surface area contributed by atoms with Gasteiger partial charge in [0.15, 0.2) is 0 Å². The largest absolute Gasteiger partial charge is 0.462 e. The van der Waals surface area contributed by atoms with Crippen LogP contribution in [0.15, 0.2) is 12.2 Å². The molecule has 0 spiro atoms. The third-order valence-electron chi connectivity index (χ3n) is 4.10. The van der Waals surface area contributed by atoms with E-state index in [4.69, 9.17) is 4.74 Å². The van der Waals surface area contributed by atoms with Crippen molar-refractivity contribution in [2.75, 3.05) is 6.61 Å². The lowest BCUT2D eigenvalue weighted by Gasteiger charge is -2.07. The molecule has 0 atom stereocenters. The van der Waals surface area contributed by atoms with Crippen molar-refractivity contribution in [3.63, 3.8) is 0 Å². The van der Waals surface area contributed by atoms with E-state index in [1.807, 2.05) is 0 Å². The van der Waals surface area contributed by atoms with Gasteiger partial charge in [0.2, 0.25) is 0 Å². The number of ether oxygens (including phenoxy) is 1. The average Bonchev–Trinajstić information content (AvgIpc) is 2.52. The molecule has 0 aliphatic carbocycles. The molecule has 0 aliphatic heterocycles. The molecule has 0 aromatic carbocycles. The molecule has 0 bridgehead atoms. The summed E-state index contributed by atoms with van der Waals surface area (Å²) in [5, 5.41) is 0. The average molecular weight is 311 g/mol. The van der Waals surface area contributed by atoms with Gasteiger partial charge in [0.25, 0.3) is 0 Å². The number of hydrogen-bond donors (Lipinski definition) is 0. The maximum atomic E-state index is 11.8. The van der Waals surface area contributed by atoms with Crippen molar-refractivity contribution < 1.29 is 9.53 Å². The lowest BCUT2D eigenvalue weighted by atomic mass is 10.1. The fourth-order valence-electron chi connectivity index (χ4n) is 2.55. The first-order valence-electron chi connectivity index (χ1n) is 9.57. The van der Waals surface area contributed by atoms with Gasteiger partial charge in [-0.1, -0.05) is 91.1 Å². The SMILES string of the molecule is C=C(CCCCCCCCC)C(=O)OCCCCCCCC. The monoisotopic (exact) mass is 310 g/mol. The Morgan fingerprint density at radius 3 is 1.73 bits per heavy atom. The Balaban J connectivity index is 3.38. The minimum Gasteiger partial charge on any atom is -0.462 e. The molecule has 2 heteroatoms. The van der Waals surface area contributed by atoms with E-state index in [1.54, 1.807) is 0 Å². The second-order valence-corrected chi connectivity index (χ2v) is 6.38. The molecule has 2 nitrogen and oxygen atoms in total. The van der Waals surface area contributed by atoms with E-state index in [0.717, 1.165) is 25.7 Å². The molecular formula is C20H38O2. The summed E-state index contributed by atoms with van der Waals surface area (Å²) in [5.41, 5.74) is 0.652. The van der Waals surface area contributed by atoms with Crippen LogP contribution in [0.4, 0.5) is 0 Å². The van der Waals surface area contributed by atoms with E-state index in [1.165, 1.54) is 64.2 Å². The summed E-state index contributed by atoms with van der Waals surface area (Å²) < 4.78 is 5.28. The maximum Gasteiger partial charge on any atom is 0.333 e. The molecule has 0 heterocycles. The van der Waals surface area contributed by atoms with E-state index in [9.17, 15) is 4.79 Å². The second kappa shape index (κ2) is 16.6. The predicted octanol–water partition coefficient (Wildman–Crippen LogP) is 6.59. The van der Waals surface area contributed by atoms with Crippen LogP contribution >= 0.6 is 0 Å². The van der Waals surface area contributed by atoms with Crippen LogP contribution in [-0.4, -0.2) is 12.6 Å². The van der Waals surface area contributed by atoms with Gasteiger partial charge in [-0.25, -0.2) is 4.79 Å². The molecule has 0 aliphatic rings. The Bertz CT molecular complexity index is 243. The van der Waals surface area contributed by atoms with Crippen LogP contribution in [0.3, 0.4) is 0 Å². The van der Waals surface area contributed by atoms with Crippen LogP contribution in [0.25, 0.3) is 0 Å². The van der Waals surface area contributed by atoms with Crippen molar-refractivity contribution in [2.24, 2.45) is 0 Å². The van der Waals surface area contributed by atoms with Gasteiger partial charge >= 0.3 is 5.97 Å². The standard InChI is InChI=1S/C20H38O2/c1-4-6-8-10-12-13-15-17-19(3)20(21)22-18-16-14-11-9-7-5-2/h3-18H2,1-2H3. The summed E-state index contributed by atoms with van der Waals surface area (Å²) in [4.78, 5) is 11.8. The molecule has 0 unspecified atom stereocenters. The topological polar surface area (TPSA) is 26.3 Å². The summed E-state index contributed by atoms with van der Waals surface area (Å²) in [5.74, 6) is -0.181. The molecular weight excluding hydrogens is 272 g/mol. The zero-order chi connectivity index (χ0) is 16.5. The highest BCUT2D eigenvalue weighted by Crippen LogP contribution is 2.13. The lowest BCUT2D eigenvalue weighted by molar-refractivity contribution is -0.139. The lowest BCUT2D eigenvalue weighted by Crippen LogP contribution is -2.08. The number of esters is 1. The van der Waals surface area contributed by atoms with E-state index in [0.29, 0.717) is 12.2 Å². The third-order valence-corrected chi connectivity index (χ3v) is 4.10. The molecule has 0 amide bonds. The van der Waals surface area contributed by atoms with Crippen LogP contribution in [-0.2, 0) is 9.53 Å². The molecule has 130 valence electrons. The fourth-order valence-corrected chi connectivity index (χ4v) is 2.55. The smallest absolute Gasteiger partial charge is 0.333 e. The normalized spacial score (nSPS) is 10.6. The number of carbonyl (C=O) groups is 1. The second-order valence-electron chi connectivity index (χ2n) is 6.38. The number of carbonyl (C=O) groups excluding carboxylic acids is 1. The summed E-state index contributed by atoms with van der Waals surface area (Å²) in [6.45, 7) is 8.88. The molecule has 0 fully saturated rings. The number of hydrogen-bond acceptors (Lipinski definition) is 2. The van der Waals surface area contributed by atoms with Crippen LogP contribution in [0.5, 0.6) is 0 Å². The Morgan fingerprint density at radius 1 is 0.727 bits per heavy atom. The molecule has 0 aromatic rings. The van der Waals surface area contributed by atoms with E-state index >= 15 is 0 Å². The molecule has 0 N–H and O–H groups in total. The van der Waals surface area contributed by atoms with Crippen molar-refractivity contribution in [3.8, 4) is 0 Å². The van der Waals surface area contributed by atoms with Crippen LogP contribution < -0.4 is 0 Å². The highest BCUT2D eigenvalue weighted by molar-refractivity contribution is 5.87. The van der Waals surface area contributed by atoms with Gasteiger partial charge in [-0.3, -0.25) is 0 Å². The third kappa shape index (κ3) is 14.2. The summed E-state index contributed by atoms with van der Waals surface area (Å²) in [6.07, 6.45) is 16.9. The van der Waals surface area contributed by atoms with Gasteiger partial charge < -0.3 is 4.74 Å².